The Morgan fingerprint density at radius 1 is 0.550 bits per heavy atom. The summed E-state index contributed by atoms with van der Waals surface area (Å²) in [7, 11) is 0. The van der Waals surface area contributed by atoms with Crippen molar-refractivity contribution in [1.82, 2.24) is 0 Å². The first-order valence-electron chi connectivity index (χ1n) is 6.79. The fraction of sp³-hybridized carbons (Fsp3) is 0.105. The third kappa shape index (κ3) is 2.90. The molecule has 0 bridgehead atoms. The Morgan fingerprint density at radius 2 is 0.950 bits per heavy atom. The fourth-order valence-corrected chi connectivity index (χ4v) is 4.33. The predicted octanol–water partition coefficient (Wildman–Crippen LogP) is 4.98. The molecule has 0 amide bonds. The van der Waals surface area contributed by atoms with Gasteiger partial charge in [-0.3, -0.25) is 0 Å². The predicted molar refractivity (Wildman–Crippen MR) is 88.1 cm³/mol. The molecular weight excluding hydrogens is 307 g/mol. The first-order chi connectivity index (χ1) is 9.72. The minimum atomic E-state index is 0.374. The number of hydrogen-bond acceptors (Lipinski definition) is 0. The zero-order valence-corrected chi connectivity index (χ0v) is 13.5. The molecule has 20 heavy (non-hydrogen) atoms. The van der Waals surface area contributed by atoms with Gasteiger partial charge in [-0.1, -0.05) is 0 Å². The van der Waals surface area contributed by atoms with Crippen LogP contribution in [0.5, 0.6) is 0 Å². The van der Waals surface area contributed by atoms with Crippen molar-refractivity contribution in [2.45, 2.75) is 13.8 Å². The summed E-state index contributed by atoms with van der Waals surface area (Å²) in [6.07, 6.45) is 0. The zero-order valence-electron chi connectivity index (χ0n) is 11.8. The van der Waals surface area contributed by atoms with Crippen LogP contribution in [0.1, 0.15) is 11.1 Å². The van der Waals surface area contributed by atoms with Gasteiger partial charge >= 0.3 is 126 Å². The van der Waals surface area contributed by atoms with Gasteiger partial charge in [0, 0.05) is 0 Å². The van der Waals surface area contributed by atoms with Gasteiger partial charge in [0.25, 0.3) is 0 Å². The maximum atomic E-state index is 2.25. The number of hydrogen-bond donors (Lipinski definition) is 0. The van der Waals surface area contributed by atoms with E-state index in [0.717, 1.165) is 0 Å². The molecular formula is C19H17Se+. The molecule has 1 heteroatoms. The molecule has 2 aromatic carbocycles. The van der Waals surface area contributed by atoms with Gasteiger partial charge in [0.1, 0.15) is 0 Å². The van der Waals surface area contributed by atoms with Gasteiger partial charge in [0.05, 0.1) is 0 Å². The number of benzene rings is 2. The fourth-order valence-electron chi connectivity index (χ4n) is 2.16. The van der Waals surface area contributed by atoms with Crippen molar-refractivity contribution in [3.63, 3.8) is 0 Å². The summed E-state index contributed by atoms with van der Waals surface area (Å²) in [5, 5.41) is 0. The molecule has 0 saturated carbocycles. The molecule has 0 N–H and O–H groups in total. The molecule has 0 radical (unpaired) electrons. The van der Waals surface area contributed by atoms with Gasteiger partial charge in [0.15, 0.2) is 0 Å². The molecule has 0 aliphatic rings. The van der Waals surface area contributed by atoms with E-state index < -0.39 is 0 Å². The summed E-state index contributed by atoms with van der Waals surface area (Å²) in [5.74, 6) is 0. The van der Waals surface area contributed by atoms with Crippen molar-refractivity contribution in [1.29, 1.82) is 0 Å². The van der Waals surface area contributed by atoms with Gasteiger partial charge in [0.2, 0.25) is 0 Å². The first kappa shape index (κ1) is 13.3. The van der Waals surface area contributed by atoms with Crippen LogP contribution < -0.4 is 0 Å². The van der Waals surface area contributed by atoms with Crippen molar-refractivity contribution in [3.05, 3.63) is 77.9 Å². The average molecular weight is 324 g/mol. The van der Waals surface area contributed by atoms with E-state index in [1.165, 1.54) is 31.1 Å². The van der Waals surface area contributed by atoms with Crippen molar-refractivity contribution in [3.8, 4) is 20.0 Å². The topological polar surface area (TPSA) is 0 Å². The Morgan fingerprint density at radius 3 is 1.35 bits per heavy atom. The summed E-state index contributed by atoms with van der Waals surface area (Å²) in [4.78, 5) is 0. The van der Waals surface area contributed by atoms with E-state index in [1.807, 2.05) is 0 Å². The summed E-state index contributed by atoms with van der Waals surface area (Å²) >= 11 is 0.374. The molecule has 3 rings (SSSR count). The van der Waals surface area contributed by atoms with E-state index >= 15 is 0 Å². The van der Waals surface area contributed by atoms with Crippen molar-refractivity contribution in [2.24, 2.45) is 0 Å². The van der Waals surface area contributed by atoms with Crippen LogP contribution in [0.3, 0.4) is 0 Å². The Labute approximate surface area is 126 Å². The monoisotopic (exact) mass is 325 g/mol. The van der Waals surface area contributed by atoms with Crippen LogP contribution in [0.4, 0.5) is 0 Å². The Bertz CT molecular complexity index is 649. The molecule has 0 atom stereocenters. The summed E-state index contributed by atoms with van der Waals surface area (Å²) in [6.45, 7) is 4.27. The molecule has 0 aliphatic carbocycles. The van der Waals surface area contributed by atoms with Gasteiger partial charge in [-0.05, 0) is 0 Å². The Hall–Kier alpha value is -1.69. The minimum absolute atomic E-state index is 0.374. The second kappa shape index (κ2) is 5.75. The SMILES string of the molecule is Cc1ccc(-c2cccc(-c3ccc(C)cc3)[se+]2)cc1. The average Bonchev–Trinajstić information content (AvgIpc) is 2.49. The van der Waals surface area contributed by atoms with Gasteiger partial charge in [-0.15, -0.1) is 0 Å². The quantitative estimate of drug-likeness (QED) is 0.584. The summed E-state index contributed by atoms with van der Waals surface area (Å²) in [5.41, 5.74) is 5.33. The normalized spacial score (nSPS) is 10.5. The van der Waals surface area contributed by atoms with Crippen LogP contribution >= 0.6 is 0 Å². The van der Waals surface area contributed by atoms with Crippen LogP contribution in [-0.2, 0) is 0 Å². The standard InChI is InChI=1S/C19H17Se/c1-14-6-10-16(11-7-14)18-4-3-5-19(20-18)17-12-8-15(2)9-13-17/h3-13H,1-2H3/q+1. The second-order valence-corrected chi connectivity index (χ2v) is 7.36. The van der Waals surface area contributed by atoms with Crippen molar-refractivity contribution >= 4 is 14.5 Å². The van der Waals surface area contributed by atoms with E-state index in [9.17, 15) is 0 Å². The molecule has 1 heterocycles. The number of rotatable bonds is 2. The van der Waals surface area contributed by atoms with Crippen LogP contribution in [0.15, 0.2) is 66.7 Å². The van der Waals surface area contributed by atoms with Crippen LogP contribution in [-0.4, -0.2) is 14.5 Å². The molecule has 1 aromatic heterocycles. The molecule has 0 saturated heterocycles. The van der Waals surface area contributed by atoms with Gasteiger partial charge in [-0.25, -0.2) is 0 Å². The molecule has 0 unspecified atom stereocenters. The molecule has 98 valence electrons. The number of aryl methyl sites for hydroxylation is 2. The molecule has 0 nitrogen and oxygen atoms in total. The second-order valence-electron chi connectivity index (χ2n) is 5.09. The van der Waals surface area contributed by atoms with Crippen LogP contribution in [0.2, 0.25) is 0 Å². The molecule has 0 aliphatic heterocycles. The first-order valence-corrected chi connectivity index (χ1v) is 8.51. The van der Waals surface area contributed by atoms with Crippen LogP contribution in [0, 0.1) is 13.8 Å². The maximum absolute atomic E-state index is 2.25. The third-order valence-electron chi connectivity index (χ3n) is 3.39. The van der Waals surface area contributed by atoms with Crippen LogP contribution in [0.25, 0.3) is 20.0 Å². The van der Waals surface area contributed by atoms with E-state index in [4.69, 9.17) is 0 Å². The molecule has 0 spiro atoms. The zero-order chi connectivity index (χ0) is 13.9. The summed E-state index contributed by atoms with van der Waals surface area (Å²) in [6, 6.07) is 24.4. The van der Waals surface area contributed by atoms with Crippen molar-refractivity contribution in [2.75, 3.05) is 0 Å². The van der Waals surface area contributed by atoms with Gasteiger partial charge < -0.3 is 0 Å². The van der Waals surface area contributed by atoms with Crippen molar-refractivity contribution < 1.29 is 0 Å². The summed E-state index contributed by atoms with van der Waals surface area (Å²) < 4.78 is 2.91. The van der Waals surface area contributed by atoms with E-state index in [0.29, 0.717) is 14.5 Å². The Kier molecular flexibility index (Phi) is 3.82. The third-order valence-corrected chi connectivity index (χ3v) is 5.87. The Balaban J connectivity index is 2.01. The molecule has 3 aromatic rings. The molecule has 0 fully saturated rings. The van der Waals surface area contributed by atoms with E-state index in [-0.39, 0.29) is 0 Å². The van der Waals surface area contributed by atoms with E-state index in [1.54, 1.807) is 0 Å². The van der Waals surface area contributed by atoms with Gasteiger partial charge in [-0.2, -0.15) is 0 Å². The van der Waals surface area contributed by atoms with E-state index in [2.05, 4.69) is 80.6 Å².